The second kappa shape index (κ2) is 15.7. The van der Waals surface area contributed by atoms with Crippen LogP contribution >= 0.6 is 0 Å². The molecule has 2 heterocycles. The van der Waals surface area contributed by atoms with Crippen LogP contribution in [-0.2, 0) is 33.8 Å². The zero-order chi connectivity index (χ0) is 37.8. The Morgan fingerprint density at radius 2 is 1.26 bits per heavy atom. The molecule has 6 aromatic rings. The smallest absolute Gasteiger partial charge is 0.361 e. The molecule has 0 N–H and O–H groups in total. The molecule has 0 unspecified atom stereocenters. The molecule has 0 aliphatic heterocycles. The van der Waals surface area contributed by atoms with E-state index in [1.54, 1.807) is 25.2 Å². The summed E-state index contributed by atoms with van der Waals surface area (Å²) in [4.78, 5) is 29.0. The van der Waals surface area contributed by atoms with Crippen LogP contribution < -0.4 is 9.47 Å². The Morgan fingerprint density at radius 1 is 0.685 bits per heavy atom. The van der Waals surface area contributed by atoms with E-state index in [0.717, 1.165) is 56.1 Å². The summed E-state index contributed by atoms with van der Waals surface area (Å²) in [5.41, 5.74) is 9.58. The van der Waals surface area contributed by atoms with Crippen molar-refractivity contribution in [3.05, 3.63) is 119 Å². The SMILES string of the molecule is COc1ccc(Cn2ncc(-c3ccc4c(c3)Cc3cc(-c5nn(Cc6ccc(OC)cc6)nc5C(=O)OCCOC(=O)[C@@H](C)C(C)C)ccc3-4)n2)cc1. The van der Waals surface area contributed by atoms with Crippen LogP contribution in [0, 0.1) is 11.8 Å². The molecule has 0 radical (unpaired) electrons. The molecule has 0 amide bonds. The second-order valence-electron chi connectivity index (χ2n) is 13.6. The predicted octanol–water partition coefficient (Wildman–Crippen LogP) is 6.88. The van der Waals surface area contributed by atoms with E-state index in [9.17, 15) is 9.59 Å². The fourth-order valence-electron chi connectivity index (χ4n) is 6.31. The summed E-state index contributed by atoms with van der Waals surface area (Å²) in [5, 5.41) is 18.6. The predicted molar refractivity (Wildman–Crippen MR) is 202 cm³/mol. The van der Waals surface area contributed by atoms with Crippen LogP contribution in [0.15, 0.2) is 91.1 Å². The number of rotatable bonds is 14. The van der Waals surface area contributed by atoms with Gasteiger partial charge in [0.25, 0.3) is 0 Å². The molecule has 12 heteroatoms. The van der Waals surface area contributed by atoms with Crippen LogP contribution in [0.3, 0.4) is 0 Å². The molecule has 2 aromatic heterocycles. The average Bonchev–Trinajstić information content (AvgIpc) is 3.93. The monoisotopic (exact) mass is 726 g/mol. The number of esters is 2. The molecule has 12 nitrogen and oxygen atoms in total. The number of methoxy groups -OCH3 is 2. The van der Waals surface area contributed by atoms with Crippen molar-refractivity contribution in [2.75, 3.05) is 27.4 Å². The number of ether oxygens (including phenoxy) is 4. The van der Waals surface area contributed by atoms with E-state index in [-0.39, 0.29) is 36.7 Å². The molecular weight excluding hydrogens is 684 g/mol. The van der Waals surface area contributed by atoms with Crippen molar-refractivity contribution in [3.63, 3.8) is 0 Å². The van der Waals surface area contributed by atoms with Crippen molar-refractivity contribution in [3.8, 4) is 45.1 Å². The van der Waals surface area contributed by atoms with Crippen molar-refractivity contribution in [2.45, 2.75) is 40.3 Å². The van der Waals surface area contributed by atoms with Gasteiger partial charge in [-0.2, -0.15) is 24.9 Å². The highest BCUT2D eigenvalue weighted by molar-refractivity contribution is 5.94. The van der Waals surface area contributed by atoms with Gasteiger partial charge in [-0.25, -0.2) is 4.79 Å². The number of fused-ring (bicyclic) bond motifs is 3. The first-order valence-electron chi connectivity index (χ1n) is 17.9. The largest absolute Gasteiger partial charge is 0.497 e. The molecule has 1 aliphatic rings. The first kappa shape index (κ1) is 36.1. The third-order valence-corrected chi connectivity index (χ3v) is 9.73. The normalized spacial score (nSPS) is 12.3. The summed E-state index contributed by atoms with van der Waals surface area (Å²) < 4.78 is 21.4. The van der Waals surface area contributed by atoms with E-state index >= 15 is 0 Å². The van der Waals surface area contributed by atoms with Crippen molar-refractivity contribution >= 4 is 11.9 Å². The number of carbonyl (C=O) groups is 2. The lowest BCUT2D eigenvalue weighted by atomic mass is 9.99. The lowest BCUT2D eigenvalue weighted by Crippen LogP contribution is -2.22. The Kier molecular flexibility index (Phi) is 10.5. The van der Waals surface area contributed by atoms with Gasteiger partial charge in [0, 0.05) is 11.1 Å². The number of aromatic nitrogens is 6. The quantitative estimate of drug-likeness (QED) is 0.0863. The van der Waals surface area contributed by atoms with Crippen molar-refractivity contribution in [1.82, 2.24) is 30.0 Å². The van der Waals surface area contributed by atoms with Crippen LogP contribution in [0.5, 0.6) is 11.5 Å². The van der Waals surface area contributed by atoms with E-state index in [1.807, 2.05) is 75.4 Å². The van der Waals surface area contributed by atoms with Gasteiger partial charge in [-0.3, -0.25) is 4.79 Å². The molecule has 54 heavy (non-hydrogen) atoms. The highest BCUT2D eigenvalue weighted by atomic mass is 16.6. The Labute approximate surface area is 313 Å². The standard InChI is InChI=1S/C42H42N6O6/c1-26(2)27(3)41(49)53-18-19-54-42(50)40-39(45-48(46-40)25-29-8-14-35(52-5)15-9-29)31-11-17-37-33(21-31)22-32-20-30(10-16-36(32)37)38-23-43-47(44-38)24-28-6-12-34(51-4)13-7-28/h6-17,20-21,23,26-27H,18-19,22,24-25H2,1-5H3/t27-/m0/s1. The summed E-state index contributed by atoms with van der Waals surface area (Å²) in [6, 6.07) is 27.9. The summed E-state index contributed by atoms with van der Waals surface area (Å²) in [5.74, 6) is 0.462. The molecule has 4 aromatic carbocycles. The molecule has 0 spiro atoms. The fourth-order valence-corrected chi connectivity index (χ4v) is 6.31. The van der Waals surface area contributed by atoms with Crippen molar-refractivity contribution < 1.29 is 28.5 Å². The van der Waals surface area contributed by atoms with Crippen LogP contribution in [-0.4, -0.2) is 69.4 Å². The van der Waals surface area contributed by atoms with Gasteiger partial charge in [0.15, 0.2) is 5.69 Å². The molecule has 0 saturated carbocycles. The van der Waals surface area contributed by atoms with Gasteiger partial charge in [-0.15, -0.1) is 5.10 Å². The Morgan fingerprint density at radius 3 is 1.87 bits per heavy atom. The summed E-state index contributed by atoms with van der Waals surface area (Å²) in [6.07, 6.45) is 2.49. The molecule has 0 fully saturated rings. The van der Waals surface area contributed by atoms with Gasteiger partial charge >= 0.3 is 11.9 Å². The Bertz CT molecular complexity index is 2280. The van der Waals surface area contributed by atoms with Gasteiger partial charge in [-0.05, 0) is 82.1 Å². The zero-order valence-corrected chi connectivity index (χ0v) is 31.0. The van der Waals surface area contributed by atoms with Crippen LogP contribution in [0.1, 0.15) is 53.5 Å². The van der Waals surface area contributed by atoms with Gasteiger partial charge in [0.05, 0.1) is 39.4 Å². The minimum absolute atomic E-state index is 0.0466. The summed E-state index contributed by atoms with van der Waals surface area (Å²) in [7, 11) is 3.27. The minimum Gasteiger partial charge on any atom is -0.497 e. The van der Waals surface area contributed by atoms with Crippen molar-refractivity contribution in [1.29, 1.82) is 0 Å². The van der Waals surface area contributed by atoms with Gasteiger partial charge < -0.3 is 18.9 Å². The molecule has 7 rings (SSSR count). The van der Waals surface area contributed by atoms with Crippen molar-refractivity contribution in [2.24, 2.45) is 11.8 Å². The van der Waals surface area contributed by atoms with E-state index in [2.05, 4.69) is 40.5 Å². The van der Waals surface area contributed by atoms with Gasteiger partial charge in [0.2, 0.25) is 0 Å². The zero-order valence-electron chi connectivity index (χ0n) is 31.0. The lowest BCUT2D eigenvalue weighted by molar-refractivity contribution is -0.150. The maximum Gasteiger partial charge on any atom is 0.361 e. The second-order valence-corrected chi connectivity index (χ2v) is 13.6. The first-order valence-corrected chi connectivity index (χ1v) is 17.9. The average molecular weight is 727 g/mol. The fraction of sp³-hybridized carbons (Fsp3) is 0.286. The molecule has 276 valence electrons. The van der Waals surface area contributed by atoms with E-state index < -0.39 is 5.97 Å². The molecule has 1 atom stereocenters. The van der Waals surface area contributed by atoms with E-state index in [0.29, 0.717) is 25.2 Å². The van der Waals surface area contributed by atoms with E-state index in [1.165, 1.54) is 10.4 Å². The van der Waals surface area contributed by atoms with Gasteiger partial charge in [0.1, 0.15) is 36.1 Å². The lowest BCUT2D eigenvalue weighted by Gasteiger charge is -2.14. The molecule has 1 aliphatic carbocycles. The summed E-state index contributed by atoms with van der Waals surface area (Å²) in [6.45, 7) is 6.47. The molecule has 0 bridgehead atoms. The molecular formula is C42H42N6O6. The maximum absolute atomic E-state index is 13.5. The Balaban J connectivity index is 1.09. The number of benzene rings is 4. The van der Waals surface area contributed by atoms with Gasteiger partial charge in [-0.1, -0.05) is 69.3 Å². The van der Waals surface area contributed by atoms with Crippen LogP contribution in [0.25, 0.3) is 33.6 Å². The topological polar surface area (TPSA) is 132 Å². The van der Waals surface area contributed by atoms with Crippen LogP contribution in [0.2, 0.25) is 0 Å². The number of carbonyl (C=O) groups excluding carboxylic acids is 2. The van der Waals surface area contributed by atoms with Crippen LogP contribution in [0.4, 0.5) is 0 Å². The maximum atomic E-state index is 13.5. The van der Waals surface area contributed by atoms with E-state index in [4.69, 9.17) is 29.1 Å². The Hall–Kier alpha value is -6.30. The highest BCUT2D eigenvalue weighted by Gasteiger charge is 2.26. The summed E-state index contributed by atoms with van der Waals surface area (Å²) >= 11 is 0. The highest BCUT2D eigenvalue weighted by Crippen LogP contribution is 2.40. The minimum atomic E-state index is -0.646. The molecule has 0 saturated heterocycles. The number of hydrogen-bond donors (Lipinski definition) is 0. The number of nitrogens with zero attached hydrogens (tertiary/aromatic N) is 6. The third-order valence-electron chi connectivity index (χ3n) is 9.73. The first-order chi connectivity index (χ1) is 26.2. The number of hydrogen-bond acceptors (Lipinski definition) is 10. The third kappa shape index (κ3) is 7.87.